The lowest BCUT2D eigenvalue weighted by atomic mass is 10.1. The van der Waals surface area contributed by atoms with E-state index in [4.69, 9.17) is 0 Å². The second kappa shape index (κ2) is 8.17. The van der Waals surface area contributed by atoms with E-state index in [1.165, 1.54) is 12.8 Å². The van der Waals surface area contributed by atoms with Crippen molar-refractivity contribution in [1.82, 2.24) is 15.3 Å². The van der Waals surface area contributed by atoms with Crippen molar-refractivity contribution in [3.8, 4) is 0 Å². The van der Waals surface area contributed by atoms with Gasteiger partial charge < -0.3 is 15.5 Å². The molecule has 2 aromatic rings. The Balaban J connectivity index is 1.53. The van der Waals surface area contributed by atoms with Crippen LogP contribution in [-0.2, 0) is 0 Å². The molecule has 0 bridgehead atoms. The Morgan fingerprint density at radius 3 is 2.62 bits per heavy atom. The zero-order valence-electron chi connectivity index (χ0n) is 15.8. The third-order valence-electron chi connectivity index (χ3n) is 4.61. The zero-order valence-corrected chi connectivity index (χ0v) is 15.8. The monoisotopic (exact) mass is 353 g/mol. The fourth-order valence-electron chi connectivity index (χ4n) is 3.19. The molecule has 0 spiro atoms. The number of carbonyl (C=O) groups excluding carboxylic acids is 1. The van der Waals surface area contributed by atoms with Crippen molar-refractivity contribution in [2.24, 2.45) is 0 Å². The van der Waals surface area contributed by atoms with Crippen molar-refractivity contribution in [3.63, 3.8) is 0 Å². The van der Waals surface area contributed by atoms with Gasteiger partial charge in [-0.3, -0.25) is 4.79 Å². The molecule has 0 unspecified atom stereocenters. The minimum atomic E-state index is -0.0374. The number of benzene rings is 1. The number of amides is 1. The van der Waals surface area contributed by atoms with Crippen LogP contribution in [0.4, 0.5) is 11.6 Å². The molecule has 1 saturated heterocycles. The number of aromatic nitrogens is 2. The highest BCUT2D eigenvalue weighted by molar-refractivity contribution is 5.95. The Hall–Kier alpha value is -2.63. The maximum absolute atomic E-state index is 12.3. The molecule has 1 aromatic heterocycles. The molecule has 6 nitrogen and oxygen atoms in total. The normalized spacial score (nSPS) is 13.7. The summed E-state index contributed by atoms with van der Waals surface area (Å²) in [6.45, 7) is 9.13. The van der Waals surface area contributed by atoms with Gasteiger partial charge in [-0.1, -0.05) is 17.7 Å². The van der Waals surface area contributed by atoms with Crippen LogP contribution < -0.4 is 15.5 Å². The van der Waals surface area contributed by atoms with Gasteiger partial charge in [0.15, 0.2) is 0 Å². The van der Waals surface area contributed by atoms with Crippen molar-refractivity contribution in [1.29, 1.82) is 0 Å². The average Bonchev–Trinajstić information content (AvgIpc) is 3.15. The van der Waals surface area contributed by atoms with Crippen LogP contribution >= 0.6 is 0 Å². The fourth-order valence-corrected chi connectivity index (χ4v) is 3.19. The molecule has 1 amide bonds. The van der Waals surface area contributed by atoms with Gasteiger partial charge in [-0.25, -0.2) is 9.97 Å². The number of aryl methyl sites for hydroxylation is 3. The van der Waals surface area contributed by atoms with E-state index >= 15 is 0 Å². The van der Waals surface area contributed by atoms with Gasteiger partial charge in [0.05, 0.1) is 0 Å². The quantitative estimate of drug-likeness (QED) is 0.782. The Kier molecular flexibility index (Phi) is 5.71. The summed E-state index contributed by atoms with van der Waals surface area (Å²) in [5.74, 6) is 2.51. The summed E-state index contributed by atoms with van der Waals surface area (Å²) in [6.07, 6.45) is 2.44. The van der Waals surface area contributed by atoms with E-state index in [0.29, 0.717) is 13.1 Å². The maximum atomic E-state index is 12.3. The minimum Gasteiger partial charge on any atom is -0.368 e. The highest BCUT2D eigenvalue weighted by Gasteiger charge is 2.15. The second-order valence-electron chi connectivity index (χ2n) is 6.85. The number of rotatable bonds is 6. The highest BCUT2D eigenvalue weighted by Crippen LogP contribution is 2.20. The van der Waals surface area contributed by atoms with E-state index in [2.05, 4.69) is 25.5 Å². The number of anilines is 2. The number of carbonyl (C=O) groups is 1. The lowest BCUT2D eigenvalue weighted by Gasteiger charge is -2.18. The molecule has 0 saturated carbocycles. The molecular formula is C20H27N5O. The second-order valence-corrected chi connectivity index (χ2v) is 6.85. The Morgan fingerprint density at radius 1 is 1.08 bits per heavy atom. The molecule has 6 heteroatoms. The van der Waals surface area contributed by atoms with Crippen LogP contribution in [0.15, 0.2) is 24.3 Å². The third kappa shape index (κ3) is 4.50. The van der Waals surface area contributed by atoms with Gasteiger partial charge in [0.1, 0.15) is 17.5 Å². The average molecular weight is 353 g/mol. The van der Waals surface area contributed by atoms with Crippen LogP contribution in [0.25, 0.3) is 0 Å². The van der Waals surface area contributed by atoms with Gasteiger partial charge in [0, 0.05) is 37.8 Å². The van der Waals surface area contributed by atoms with Gasteiger partial charge >= 0.3 is 0 Å². The summed E-state index contributed by atoms with van der Waals surface area (Å²) in [4.78, 5) is 23.6. The van der Waals surface area contributed by atoms with Crippen LogP contribution in [-0.4, -0.2) is 42.1 Å². The van der Waals surface area contributed by atoms with Gasteiger partial charge in [-0.15, -0.1) is 0 Å². The van der Waals surface area contributed by atoms with Crippen LogP contribution in [0, 0.1) is 20.8 Å². The smallest absolute Gasteiger partial charge is 0.251 e. The zero-order chi connectivity index (χ0) is 18.5. The molecule has 26 heavy (non-hydrogen) atoms. The van der Waals surface area contributed by atoms with Gasteiger partial charge in [-0.05, 0) is 45.2 Å². The van der Waals surface area contributed by atoms with E-state index < -0.39 is 0 Å². The summed E-state index contributed by atoms with van der Waals surface area (Å²) < 4.78 is 0. The number of nitrogens with one attached hydrogen (secondary N) is 2. The third-order valence-corrected chi connectivity index (χ3v) is 4.61. The largest absolute Gasteiger partial charge is 0.368 e. The van der Waals surface area contributed by atoms with E-state index in [-0.39, 0.29) is 5.91 Å². The molecule has 0 atom stereocenters. The molecule has 0 radical (unpaired) electrons. The van der Waals surface area contributed by atoms with Crippen LogP contribution in [0.2, 0.25) is 0 Å². The topological polar surface area (TPSA) is 70.2 Å². The summed E-state index contributed by atoms with van der Waals surface area (Å²) in [5.41, 5.74) is 2.81. The fraction of sp³-hybridized carbons (Fsp3) is 0.450. The molecule has 138 valence electrons. The van der Waals surface area contributed by atoms with E-state index in [1.54, 1.807) is 0 Å². The standard InChI is InChI=1S/C20H27N5O/c1-14-6-7-15(2)17(12-14)20(26)22-9-8-21-18-13-19(24-16(3)23-18)25-10-4-5-11-25/h6-7,12-13H,4-5,8-11H2,1-3H3,(H,22,26)(H,21,23,24). The molecule has 1 aromatic carbocycles. The molecule has 3 rings (SSSR count). The molecule has 2 heterocycles. The number of hydrogen-bond acceptors (Lipinski definition) is 5. The van der Waals surface area contributed by atoms with Gasteiger partial charge in [-0.2, -0.15) is 0 Å². The first kappa shape index (κ1) is 18.2. The first-order valence-corrected chi connectivity index (χ1v) is 9.23. The molecule has 1 fully saturated rings. The number of hydrogen-bond donors (Lipinski definition) is 2. The van der Waals surface area contributed by atoms with Crippen LogP contribution in [0.3, 0.4) is 0 Å². The van der Waals surface area contributed by atoms with Crippen LogP contribution in [0.1, 0.15) is 40.2 Å². The lowest BCUT2D eigenvalue weighted by molar-refractivity contribution is 0.0954. The summed E-state index contributed by atoms with van der Waals surface area (Å²) in [7, 11) is 0. The van der Waals surface area contributed by atoms with E-state index in [1.807, 2.05) is 45.0 Å². The Morgan fingerprint density at radius 2 is 1.85 bits per heavy atom. The van der Waals surface area contributed by atoms with Crippen molar-refractivity contribution in [2.75, 3.05) is 36.4 Å². The molecule has 0 aliphatic carbocycles. The van der Waals surface area contributed by atoms with Crippen molar-refractivity contribution < 1.29 is 4.79 Å². The van der Waals surface area contributed by atoms with Crippen molar-refractivity contribution in [3.05, 3.63) is 46.8 Å². The summed E-state index contributed by atoms with van der Waals surface area (Å²) in [6, 6.07) is 7.91. The molecular weight excluding hydrogens is 326 g/mol. The molecule has 1 aliphatic heterocycles. The molecule has 2 N–H and O–H groups in total. The lowest BCUT2D eigenvalue weighted by Crippen LogP contribution is -2.29. The van der Waals surface area contributed by atoms with Crippen molar-refractivity contribution >= 4 is 17.5 Å². The van der Waals surface area contributed by atoms with Crippen LogP contribution in [0.5, 0.6) is 0 Å². The number of nitrogens with zero attached hydrogens (tertiary/aromatic N) is 3. The minimum absolute atomic E-state index is 0.0374. The van der Waals surface area contributed by atoms with Gasteiger partial charge in [0.25, 0.3) is 5.91 Å². The summed E-state index contributed by atoms with van der Waals surface area (Å²) in [5, 5.41) is 6.26. The first-order valence-electron chi connectivity index (χ1n) is 9.23. The highest BCUT2D eigenvalue weighted by atomic mass is 16.1. The Labute approximate surface area is 155 Å². The molecule has 1 aliphatic rings. The maximum Gasteiger partial charge on any atom is 0.251 e. The SMILES string of the molecule is Cc1ccc(C)c(C(=O)NCCNc2cc(N3CCCC3)nc(C)n2)c1. The van der Waals surface area contributed by atoms with Gasteiger partial charge in [0.2, 0.25) is 0 Å². The van der Waals surface area contributed by atoms with Crippen molar-refractivity contribution in [2.45, 2.75) is 33.6 Å². The Bertz CT molecular complexity index is 784. The first-order chi connectivity index (χ1) is 12.5. The predicted molar refractivity (Wildman–Crippen MR) is 105 cm³/mol. The summed E-state index contributed by atoms with van der Waals surface area (Å²) >= 11 is 0. The van der Waals surface area contributed by atoms with E-state index in [9.17, 15) is 4.79 Å². The predicted octanol–water partition coefficient (Wildman–Crippen LogP) is 2.84. The van der Waals surface area contributed by atoms with E-state index in [0.717, 1.165) is 47.2 Å².